The number of rotatable bonds is 2. The Morgan fingerprint density at radius 2 is 2.57 bits per heavy atom. The van der Waals surface area contributed by atoms with Gasteiger partial charge in [0, 0.05) is 30.0 Å². The number of amides is 1. The Bertz CT molecular complexity index is 350. The topological polar surface area (TPSA) is 49.0 Å². The molecule has 14 heavy (non-hydrogen) atoms. The van der Waals surface area contributed by atoms with Crippen LogP contribution in [0.5, 0.6) is 0 Å². The second kappa shape index (κ2) is 3.65. The summed E-state index contributed by atoms with van der Waals surface area (Å²) in [6.45, 7) is 2.71. The molecule has 1 aromatic rings. The summed E-state index contributed by atoms with van der Waals surface area (Å²) in [5.74, 6) is 0.836. The number of thiol groups is 1. The fourth-order valence-electron chi connectivity index (χ4n) is 1.58. The Morgan fingerprint density at radius 3 is 3.07 bits per heavy atom. The molecule has 1 atom stereocenters. The van der Waals surface area contributed by atoms with Gasteiger partial charge in [-0.1, -0.05) is 6.92 Å². The number of carbonyl (C=O) groups excluding carboxylic acids is 1. The lowest BCUT2D eigenvalue weighted by atomic mass is 10.3. The van der Waals surface area contributed by atoms with Crippen molar-refractivity contribution >= 4 is 24.4 Å². The van der Waals surface area contributed by atoms with Crippen LogP contribution in [0.1, 0.15) is 19.0 Å². The number of aromatic amines is 1. The van der Waals surface area contributed by atoms with Crippen molar-refractivity contribution in [2.75, 3.05) is 11.4 Å². The van der Waals surface area contributed by atoms with Crippen molar-refractivity contribution in [2.24, 2.45) is 0 Å². The average molecular weight is 211 g/mol. The molecule has 2 heterocycles. The van der Waals surface area contributed by atoms with Gasteiger partial charge >= 0.3 is 0 Å². The molecular weight excluding hydrogens is 198 g/mol. The van der Waals surface area contributed by atoms with Crippen molar-refractivity contribution in [3.05, 3.63) is 11.8 Å². The van der Waals surface area contributed by atoms with Gasteiger partial charge in [0.25, 0.3) is 0 Å². The average Bonchev–Trinajstić information content (AvgIpc) is 2.71. The minimum atomic E-state index is 0.110. The van der Waals surface area contributed by atoms with Crippen LogP contribution in [0.4, 0.5) is 5.82 Å². The molecule has 4 nitrogen and oxygen atoms in total. The monoisotopic (exact) mass is 211 g/mol. The molecule has 1 aromatic heterocycles. The molecule has 0 saturated carbocycles. The molecule has 1 N–H and O–H groups in total. The van der Waals surface area contributed by atoms with E-state index in [4.69, 9.17) is 0 Å². The molecule has 2 rings (SSSR count). The van der Waals surface area contributed by atoms with E-state index in [2.05, 4.69) is 22.8 Å². The van der Waals surface area contributed by atoms with Gasteiger partial charge in [-0.2, -0.15) is 17.7 Å². The molecule has 76 valence electrons. The first kappa shape index (κ1) is 9.58. The summed E-state index contributed by atoms with van der Waals surface area (Å²) in [7, 11) is 0. The molecule has 1 aliphatic rings. The number of aromatic nitrogens is 2. The van der Waals surface area contributed by atoms with Crippen LogP contribution in [-0.4, -0.2) is 27.9 Å². The van der Waals surface area contributed by atoms with Gasteiger partial charge in [0.05, 0.1) is 0 Å². The highest BCUT2D eigenvalue weighted by Crippen LogP contribution is 2.22. The first-order valence-electron chi connectivity index (χ1n) is 4.73. The Balaban J connectivity index is 2.18. The zero-order valence-electron chi connectivity index (χ0n) is 8.03. The summed E-state index contributed by atoms with van der Waals surface area (Å²) in [5.41, 5.74) is 1.05. The van der Waals surface area contributed by atoms with E-state index in [0.29, 0.717) is 13.0 Å². The van der Waals surface area contributed by atoms with Crippen LogP contribution < -0.4 is 4.90 Å². The smallest absolute Gasteiger partial charge is 0.229 e. The lowest BCUT2D eigenvalue weighted by Crippen LogP contribution is -2.24. The number of anilines is 1. The molecule has 5 heteroatoms. The Kier molecular flexibility index (Phi) is 2.50. The standard InChI is InChI=1S/C9H13N3OS/c1-2-6-3-8(11-10-6)12-5-7(14)4-9(12)13/h3,7,14H,2,4-5H2,1H3,(H,10,11). The largest absolute Gasteiger partial charge is 0.294 e. The highest BCUT2D eigenvalue weighted by molar-refractivity contribution is 7.81. The van der Waals surface area contributed by atoms with Crippen molar-refractivity contribution < 1.29 is 4.79 Å². The van der Waals surface area contributed by atoms with Gasteiger partial charge in [-0.25, -0.2) is 0 Å². The number of H-pyrrole nitrogens is 1. The van der Waals surface area contributed by atoms with Crippen molar-refractivity contribution in [1.82, 2.24) is 10.2 Å². The Hall–Kier alpha value is -0.970. The minimum Gasteiger partial charge on any atom is -0.294 e. The number of aryl methyl sites for hydroxylation is 1. The Morgan fingerprint density at radius 1 is 1.79 bits per heavy atom. The van der Waals surface area contributed by atoms with E-state index in [1.54, 1.807) is 4.90 Å². The van der Waals surface area contributed by atoms with E-state index in [9.17, 15) is 4.79 Å². The molecule has 0 bridgehead atoms. The molecule has 1 fully saturated rings. The molecule has 1 saturated heterocycles. The maximum atomic E-state index is 11.5. The fourth-order valence-corrected chi connectivity index (χ4v) is 1.90. The second-order valence-electron chi connectivity index (χ2n) is 3.47. The lowest BCUT2D eigenvalue weighted by molar-refractivity contribution is -0.117. The zero-order valence-corrected chi connectivity index (χ0v) is 8.92. The summed E-state index contributed by atoms with van der Waals surface area (Å²) in [6, 6.07) is 1.92. The van der Waals surface area contributed by atoms with E-state index >= 15 is 0 Å². The van der Waals surface area contributed by atoms with Crippen LogP contribution in [0, 0.1) is 0 Å². The molecular formula is C9H13N3OS. The van der Waals surface area contributed by atoms with Gasteiger partial charge < -0.3 is 0 Å². The summed E-state index contributed by atoms with van der Waals surface area (Å²) in [5, 5.41) is 7.14. The number of hydrogen-bond donors (Lipinski definition) is 2. The van der Waals surface area contributed by atoms with Crippen LogP contribution in [0.15, 0.2) is 6.07 Å². The maximum absolute atomic E-state index is 11.5. The van der Waals surface area contributed by atoms with Crippen molar-refractivity contribution in [2.45, 2.75) is 25.0 Å². The maximum Gasteiger partial charge on any atom is 0.229 e. The van der Waals surface area contributed by atoms with Crippen LogP contribution in [0.2, 0.25) is 0 Å². The van der Waals surface area contributed by atoms with E-state index < -0.39 is 0 Å². The molecule has 0 aromatic carbocycles. The lowest BCUT2D eigenvalue weighted by Gasteiger charge is -2.11. The number of nitrogens with zero attached hydrogens (tertiary/aromatic N) is 2. The minimum absolute atomic E-state index is 0.110. The van der Waals surface area contributed by atoms with Crippen molar-refractivity contribution in [1.29, 1.82) is 0 Å². The third-order valence-corrected chi connectivity index (χ3v) is 2.73. The van der Waals surface area contributed by atoms with E-state index in [1.807, 2.05) is 13.0 Å². The van der Waals surface area contributed by atoms with Crippen molar-refractivity contribution in [3.63, 3.8) is 0 Å². The van der Waals surface area contributed by atoms with Gasteiger partial charge in [-0.15, -0.1) is 0 Å². The molecule has 1 unspecified atom stereocenters. The summed E-state index contributed by atoms with van der Waals surface area (Å²) in [4.78, 5) is 13.2. The number of carbonyl (C=O) groups is 1. The second-order valence-corrected chi connectivity index (χ2v) is 4.20. The summed E-state index contributed by atoms with van der Waals surface area (Å²) < 4.78 is 0. The van der Waals surface area contributed by atoms with Crippen LogP contribution in [0.3, 0.4) is 0 Å². The van der Waals surface area contributed by atoms with Crippen LogP contribution in [-0.2, 0) is 11.2 Å². The molecule has 0 spiro atoms. The Labute approximate surface area is 88.1 Å². The van der Waals surface area contributed by atoms with Gasteiger partial charge in [0.2, 0.25) is 5.91 Å². The first-order chi connectivity index (χ1) is 6.70. The number of hydrogen-bond acceptors (Lipinski definition) is 3. The van der Waals surface area contributed by atoms with Gasteiger partial charge in [-0.3, -0.25) is 14.8 Å². The highest BCUT2D eigenvalue weighted by Gasteiger charge is 2.29. The number of nitrogens with one attached hydrogen (secondary N) is 1. The third-order valence-electron chi connectivity index (χ3n) is 2.38. The van der Waals surface area contributed by atoms with Gasteiger partial charge in [0.15, 0.2) is 5.82 Å². The quantitative estimate of drug-likeness (QED) is 0.717. The normalized spacial score (nSPS) is 22.0. The van der Waals surface area contributed by atoms with Gasteiger partial charge in [0.1, 0.15) is 0 Å². The van der Waals surface area contributed by atoms with Crippen molar-refractivity contribution in [3.8, 4) is 0 Å². The van der Waals surface area contributed by atoms with E-state index in [1.165, 1.54) is 0 Å². The predicted molar refractivity (Wildman–Crippen MR) is 57.7 cm³/mol. The van der Waals surface area contributed by atoms with E-state index in [-0.39, 0.29) is 11.2 Å². The fraction of sp³-hybridized carbons (Fsp3) is 0.556. The summed E-state index contributed by atoms with van der Waals surface area (Å²) in [6.07, 6.45) is 1.41. The third kappa shape index (κ3) is 1.64. The molecule has 1 amide bonds. The predicted octanol–water partition coefficient (Wildman–Crippen LogP) is 1.01. The molecule has 0 radical (unpaired) electrons. The van der Waals surface area contributed by atoms with E-state index in [0.717, 1.165) is 17.9 Å². The molecule has 1 aliphatic heterocycles. The zero-order chi connectivity index (χ0) is 10.1. The first-order valence-corrected chi connectivity index (χ1v) is 5.25. The highest BCUT2D eigenvalue weighted by atomic mass is 32.1. The SMILES string of the molecule is CCc1cc(N2CC(S)CC2=O)n[nH]1. The van der Waals surface area contributed by atoms with Gasteiger partial charge in [-0.05, 0) is 6.42 Å². The summed E-state index contributed by atoms with van der Waals surface area (Å²) >= 11 is 4.29. The van der Waals surface area contributed by atoms with Crippen LogP contribution in [0.25, 0.3) is 0 Å². The van der Waals surface area contributed by atoms with Crippen LogP contribution >= 0.6 is 12.6 Å². The molecule has 0 aliphatic carbocycles.